The lowest BCUT2D eigenvalue weighted by Crippen LogP contribution is -2.29. The molecule has 1 aliphatic rings. The number of hydrogen-bond donors (Lipinski definition) is 2. The maximum Gasteiger partial charge on any atom is 0.104 e. The molecule has 0 aromatic heterocycles. The number of nitrogens with two attached hydrogens (primary N) is 1. The zero-order chi connectivity index (χ0) is 13.1. The Morgan fingerprint density at radius 2 is 2.22 bits per heavy atom. The van der Waals surface area contributed by atoms with Crippen LogP contribution in [0.25, 0.3) is 0 Å². The van der Waals surface area contributed by atoms with Crippen LogP contribution in [0.3, 0.4) is 0 Å². The molecule has 0 heterocycles. The number of rotatable bonds is 4. The predicted octanol–water partition coefficient (Wildman–Crippen LogP) is 2.61. The maximum atomic E-state index is 5.66. The number of benzene rings is 1. The van der Waals surface area contributed by atoms with E-state index in [1.165, 1.54) is 6.42 Å². The van der Waals surface area contributed by atoms with Gasteiger partial charge in [-0.15, -0.1) is 0 Å². The smallest absolute Gasteiger partial charge is 0.104 e. The average molecular weight is 264 g/mol. The highest BCUT2D eigenvalue weighted by Gasteiger charge is 2.26. The number of nitrogens with one attached hydrogen (secondary N) is 1. The molecule has 2 atom stereocenters. The Labute approximate surface area is 114 Å². The normalized spacial score (nSPS) is 23.0. The van der Waals surface area contributed by atoms with Crippen LogP contribution in [-0.4, -0.2) is 24.2 Å². The van der Waals surface area contributed by atoms with Gasteiger partial charge < -0.3 is 15.8 Å². The molecule has 0 spiro atoms. The summed E-state index contributed by atoms with van der Waals surface area (Å²) in [6.45, 7) is 2.03. The quantitative estimate of drug-likeness (QED) is 0.821. The van der Waals surface area contributed by atoms with Gasteiger partial charge in [-0.2, -0.15) is 0 Å². The number of anilines is 1. The fourth-order valence-electron chi connectivity index (χ4n) is 2.62. The first kappa shape index (κ1) is 13.3. The topological polar surface area (TPSA) is 47.3 Å². The second-order valence-electron chi connectivity index (χ2n) is 4.85. The summed E-state index contributed by atoms with van der Waals surface area (Å²) in [4.78, 5) is 0.453. The first-order chi connectivity index (χ1) is 8.61. The van der Waals surface area contributed by atoms with E-state index in [1.54, 1.807) is 7.11 Å². The highest BCUT2D eigenvalue weighted by Crippen LogP contribution is 2.26. The molecule has 0 bridgehead atoms. The molecule has 18 heavy (non-hydrogen) atoms. The molecular formula is C14H20N2OS. The molecule has 4 heteroatoms. The average Bonchev–Trinajstić information content (AvgIpc) is 2.76. The highest BCUT2D eigenvalue weighted by molar-refractivity contribution is 7.80. The SMILES string of the molecule is COC1CCCC1Nc1ccc(C(N)=S)c(C)c1. The molecule has 0 radical (unpaired) electrons. The summed E-state index contributed by atoms with van der Waals surface area (Å²) >= 11 is 5.01. The van der Waals surface area contributed by atoms with Gasteiger partial charge in [0.25, 0.3) is 0 Å². The molecular weight excluding hydrogens is 244 g/mol. The van der Waals surface area contributed by atoms with Gasteiger partial charge in [-0.05, 0) is 49.9 Å². The summed E-state index contributed by atoms with van der Waals surface area (Å²) in [5, 5.41) is 3.54. The van der Waals surface area contributed by atoms with Crippen molar-refractivity contribution in [2.75, 3.05) is 12.4 Å². The molecule has 98 valence electrons. The lowest BCUT2D eigenvalue weighted by molar-refractivity contribution is 0.101. The van der Waals surface area contributed by atoms with Crippen molar-refractivity contribution in [3.8, 4) is 0 Å². The minimum atomic E-state index is 0.320. The summed E-state index contributed by atoms with van der Waals surface area (Å²) in [6.07, 6.45) is 3.84. The van der Waals surface area contributed by atoms with E-state index in [-0.39, 0.29) is 0 Å². The molecule has 0 saturated heterocycles. The summed E-state index contributed by atoms with van der Waals surface area (Å²) < 4.78 is 5.48. The van der Waals surface area contributed by atoms with Gasteiger partial charge in [0.1, 0.15) is 4.99 Å². The second kappa shape index (κ2) is 5.67. The Morgan fingerprint density at radius 3 is 2.83 bits per heavy atom. The zero-order valence-corrected chi connectivity index (χ0v) is 11.7. The summed E-state index contributed by atoms with van der Waals surface area (Å²) in [7, 11) is 1.78. The first-order valence-electron chi connectivity index (χ1n) is 6.31. The van der Waals surface area contributed by atoms with Crippen LogP contribution in [-0.2, 0) is 4.74 Å². The van der Waals surface area contributed by atoms with Crippen LogP contribution in [0.15, 0.2) is 18.2 Å². The van der Waals surface area contributed by atoms with Gasteiger partial charge >= 0.3 is 0 Å². The van der Waals surface area contributed by atoms with Crippen LogP contribution in [0.5, 0.6) is 0 Å². The van der Waals surface area contributed by atoms with Gasteiger partial charge in [-0.25, -0.2) is 0 Å². The summed E-state index contributed by atoms with van der Waals surface area (Å²) in [5.74, 6) is 0. The van der Waals surface area contributed by atoms with Crippen molar-refractivity contribution in [1.29, 1.82) is 0 Å². The number of thiocarbonyl (C=S) groups is 1. The largest absolute Gasteiger partial charge is 0.389 e. The van der Waals surface area contributed by atoms with Gasteiger partial charge in [-0.3, -0.25) is 0 Å². The van der Waals surface area contributed by atoms with Crippen LogP contribution < -0.4 is 11.1 Å². The standard InChI is InChI=1S/C14H20N2OS/c1-9-8-10(6-7-11(9)14(15)18)16-12-4-3-5-13(12)17-2/h6-8,12-13,16H,3-5H2,1-2H3,(H2,15,18). The van der Waals surface area contributed by atoms with Crippen molar-refractivity contribution in [3.63, 3.8) is 0 Å². The van der Waals surface area contributed by atoms with Gasteiger partial charge in [-0.1, -0.05) is 12.2 Å². The fraction of sp³-hybridized carbons (Fsp3) is 0.500. The maximum absolute atomic E-state index is 5.66. The molecule has 0 aliphatic heterocycles. The fourth-order valence-corrected chi connectivity index (χ4v) is 2.85. The Hall–Kier alpha value is -1.13. The number of methoxy groups -OCH3 is 1. The van der Waals surface area contributed by atoms with Crippen molar-refractivity contribution < 1.29 is 4.74 Å². The van der Waals surface area contributed by atoms with Crippen LogP contribution >= 0.6 is 12.2 Å². The third-order valence-electron chi connectivity index (χ3n) is 3.60. The minimum Gasteiger partial charge on any atom is -0.389 e. The van der Waals surface area contributed by atoms with E-state index >= 15 is 0 Å². The van der Waals surface area contributed by atoms with Crippen LogP contribution in [0.1, 0.15) is 30.4 Å². The molecule has 3 nitrogen and oxygen atoms in total. The van der Waals surface area contributed by atoms with E-state index in [4.69, 9.17) is 22.7 Å². The Morgan fingerprint density at radius 1 is 1.44 bits per heavy atom. The van der Waals surface area contributed by atoms with E-state index in [2.05, 4.69) is 11.4 Å². The third-order valence-corrected chi connectivity index (χ3v) is 3.82. The molecule has 0 amide bonds. The van der Waals surface area contributed by atoms with Gasteiger partial charge in [0.05, 0.1) is 12.1 Å². The van der Waals surface area contributed by atoms with Crippen LogP contribution in [0.4, 0.5) is 5.69 Å². The molecule has 1 saturated carbocycles. The van der Waals surface area contributed by atoms with Crippen molar-refractivity contribution in [3.05, 3.63) is 29.3 Å². The van der Waals surface area contributed by atoms with Gasteiger partial charge in [0.2, 0.25) is 0 Å². The Kier molecular flexibility index (Phi) is 4.19. The molecule has 2 rings (SSSR count). The molecule has 1 fully saturated rings. The lowest BCUT2D eigenvalue weighted by atomic mass is 10.1. The van der Waals surface area contributed by atoms with Gasteiger partial charge in [0, 0.05) is 18.4 Å². The van der Waals surface area contributed by atoms with E-state index in [0.29, 0.717) is 17.1 Å². The molecule has 1 aliphatic carbocycles. The number of hydrogen-bond acceptors (Lipinski definition) is 3. The van der Waals surface area contributed by atoms with Crippen molar-refractivity contribution >= 4 is 22.9 Å². The van der Waals surface area contributed by atoms with E-state index in [1.807, 2.05) is 19.1 Å². The van der Waals surface area contributed by atoms with Crippen molar-refractivity contribution in [1.82, 2.24) is 0 Å². The van der Waals surface area contributed by atoms with E-state index in [9.17, 15) is 0 Å². The number of ether oxygens (including phenoxy) is 1. The van der Waals surface area contributed by atoms with E-state index in [0.717, 1.165) is 29.7 Å². The third kappa shape index (κ3) is 2.82. The van der Waals surface area contributed by atoms with Crippen LogP contribution in [0.2, 0.25) is 0 Å². The van der Waals surface area contributed by atoms with Crippen LogP contribution in [0, 0.1) is 6.92 Å². The molecule has 3 N–H and O–H groups in total. The molecule has 1 aromatic carbocycles. The summed E-state index contributed by atoms with van der Waals surface area (Å²) in [6, 6.07) is 6.52. The predicted molar refractivity (Wildman–Crippen MR) is 79.1 cm³/mol. The Bertz CT molecular complexity index is 447. The second-order valence-corrected chi connectivity index (χ2v) is 5.29. The molecule has 2 unspecified atom stereocenters. The lowest BCUT2D eigenvalue weighted by Gasteiger charge is -2.21. The number of aryl methyl sites for hydroxylation is 1. The first-order valence-corrected chi connectivity index (χ1v) is 6.72. The van der Waals surface area contributed by atoms with Crippen molar-refractivity contribution in [2.45, 2.75) is 38.3 Å². The Balaban J connectivity index is 2.10. The van der Waals surface area contributed by atoms with E-state index < -0.39 is 0 Å². The monoisotopic (exact) mass is 264 g/mol. The minimum absolute atomic E-state index is 0.320. The van der Waals surface area contributed by atoms with Crippen molar-refractivity contribution in [2.24, 2.45) is 5.73 Å². The van der Waals surface area contributed by atoms with Gasteiger partial charge in [0.15, 0.2) is 0 Å². The molecule has 1 aromatic rings. The highest BCUT2D eigenvalue weighted by atomic mass is 32.1. The zero-order valence-electron chi connectivity index (χ0n) is 10.9. The summed E-state index contributed by atoms with van der Waals surface area (Å²) in [5.41, 5.74) is 8.84.